The number of hydrogen-bond donors (Lipinski definition) is 2. The number of hydrogen-bond acceptors (Lipinski definition) is 4. The first-order valence-electron chi connectivity index (χ1n) is 8.22. The average molecular weight is 304 g/mol. The molecule has 21 heavy (non-hydrogen) atoms. The summed E-state index contributed by atoms with van der Waals surface area (Å²) in [4.78, 5) is 22.6. The quantitative estimate of drug-likeness (QED) is 0.431. The predicted molar refractivity (Wildman–Crippen MR) is 89.3 cm³/mol. The van der Waals surface area contributed by atoms with Crippen LogP contribution in [0, 0.1) is 5.92 Å². The first-order valence-corrected chi connectivity index (χ1v) is 8.22. The van der Waals surface area contributed by atoms with Gasteiger partial charge in [-0.25, -0.2) is 0 Å². The molecule has 1 saturated carbocycles. The van der Waals surface area contributed by atoms with E-state index in [9.17, 15) is 9.59 Å². The van der Waals surface area contributed by atoms with Crippen molar-refractivity contribution in [3.8, 4) is 0 Å². The second-order valence-corrected chi connectivity index (χ2v) is 4.49. The van der Waals surface area contributed by atoms with Crippen molar-refractivity contribution in [2.24, 2.45) is 5.92 Å². The molecular weight excluding hydrogens is 268 g/mol. The highest BCUT2D eigenvalue weighted by Gasteiger charge is 2.24. The smallest absolute Gasteiger partial charge is 0.234 e. The first-order chi connectivity index (χ1) is 10.3. The van der Waals surface area contributed by atoms with E-state index in [2.05, 4.69) is 10.6 Å². The van der Waals surface area contributed by atoms with Gasteiger partial charge in [-0.2, -0.15) is 0 Å². The van der Waals surface area contributed by atoms with Crippen LogP contribution in [0.15, 0.2) is 0 Å². The molecule has 0 aromatic carbocycles. The second kappa shape index (κ2) is 17.1. The van der Waals surface area contributed by atoms with Crippen LogP contribution in [0.25, 0.3) is 0 Å². The van der Waals surface area contributed by atoms with Gasteiger partial charge in [0.2, 0.25) is 5.91 Å². The van der Waals surface area contributed by atoms with Gasteiger partial charge in [-0.1, -0.05) is 47.0 Å². The van der Waals surface area contributed by atoms with Crippen LogP contribution >= 0.6 is 0 Å². The Labute approximate surface area is 131 Å². The van der Waals surface area contributed by atoms with E-state index in [1.54, 1.807) is 7.11 Å². The van der Waals surface area contributed by atoms with Gasteiger partial charge in [-0.05, 0) is 18.8 Å². The Morgan fingerprint density at radius 3 is 2.29 bits per heavy atom. The standard InChI is InChI=1S/C12H22N2O3.2C2H6.H2/c1-17-9-13-7-12(16)14-11(8-15)10-5-3-2-4-6-10;2*1-2;/h8,10-11,13H,2-7,9H2,1H3,(H,14,16);2*1-2H3;1H/t11-;;;/m1.../s1. The summed E-state index contributed by atoms with van der Waals surface area (Å²) in [5, 5.41) is 5.59. The molecule has 1 rings (SSSR count). The van der Waals surface area contributed by atoms with Gasteiger partial charge in [0.05, 0.1) is 19.3 Å². The largest absolute Gasteiger partial charge is 0.370 e. The van der Waals surface area contributed by atoms with Crippen molar-refractivity contribution in [3.05, 3.63) is 0 Å². The molecule has 0 spiro atoms. The van der Waals surface area contributed by atoms with Gasteiger partial charge in [0, 0.05) is 8.54 Å². The van der Waals surface area contributed by atoms with Crippen molar-refractivity contribution in [2.45, 2.75) is 65.8 Å². The number of carbonyl (C=O) groups excluding carboxylic acids is 2. The minimum absolute atomic E-state index is 0. The normalized spacial score (nSPS) is 15.7. The Bertz CT molecular complexity index is 248. The number of amides is 1. The van der Waals surface area contributed by atoms with Crippen LogP contribution in [-0.4, -0.2) is 38.6 Å². The number of ether oxygens (including phenoxy) is 1. The third-order valence-electron chi connectivity index (χ3n) is 3.16. The van der Waals surface area contributed by atoms with Crippen LogP contribution in [-0.2, 0) is 14.3 Å². The fourth-order valence-corrected chi connectivity index (χ4v) is 2.26. The fourth-order valence-electron chi connectivity index (χ4n) is 2.26. The van der Waals surface area contributed by atoms with Crippen LogP contribution < -0.4 is 10.6 Å². The summed E-state index contributed by atoms with van der Waals surface area (Å²) in [7, 11) is 1.56. The third-order valence-corrected chi connectivity index (χ3v) is 3.16. The molecule has 128 valence electrons. The summed E-state index contributed by atoms with van der Waals surface area (Å²) >= 11 is 0. The number of aldehydes is 1. The lowest BCUT2D eigenvalue weighted by Gasteiger charge is -2.27. The molecule has 1 fully saturated rings. The summed E-state index contributed by atoms with van der Waals surface area (Å²) < 4.78 is 4.78. The van der Waals surface area contributed by atoms with E-state index in [4.69, 9.17) is 4.74 Å². The number of methoxy groups -OCH3 is 1. The van der Waals surface area contributed by atoms with Crippen molar-refractivity contribution in [2.75, 3.05) is 20.4 Å². The van der Waals surface area contributed by atoms with Gasteiger partial charge < -0.3 is 14.8 Å². The summed E-state index contributed by atoms with van der Waals surface area (Å²) in [6, 6.07) is -0.327. The topological polar surface area (TPSA) is 67.4 Å². The highest BCUT2D eigenvalue weighted by atomic mass is 16.5. The maximum atomic E-state index is 11.5. The van der Waals surface area contributed by atoms with Crippen LogP contribution in [0.1, 0.15) is 61.2 Å². The lowest BCUT2D eigenvalue weighted by molar-refractivity contribution is -0.124. The van der Waals surface area contributed by atoms with Crippen molar-refractivity contribution in [3.63, 3.8) is 0 Å². The lowest BCUT2D eigenvalue weighted by atomic mass is 9.84. The van der Waals surface area contributed by atoms with Gasteiger partial charge in [-0.3, -0.25) is 10.1 Å². The maximum Gasteiger partial charge on any atom is 0.234 e. The molecule has 1 aliphatic carbocycles. The summed E-state index contributed by atoms with van der Waals surface area (Å²) in [6.45, 7) is 8.52. The van der Waals surface area contributed by atoms with E-state index < -0.39 is 0 Å². The van der Waals surface area contributed by atoms with Crippen LogP contribution in [0.3, 0.4) is 0 Å². The molecule has 0 radical (unpaired) electrons. The van der Waals surface area contributed by atoms with Gasteiger partial charge in [-0.15, -0.1) is 0 Å². The Morgan fingerprint density at radius 2 is 1.81 bits per heavy atom. The van der Waals surface area contributed by atoms with E-state index >= 15 is 0 Å². The molecular formula is C16H36N2O3. The van der Waals surface area contributed by atoms with Crippen molar-refractivity contribution < 1.29 is 15.8 Å². The van der Waals surface area contributed by atoms with Crippen molar-refractivity contribution in [1.29, 1.82) is 0 Å². The molecule has 1 aliphatic rings. The van der Waals surface area contributed by atoms with Crippen LogP contribution in [0.4, 0.5) is 0 Å². The Balaban J connectivity index is -0.000000665. The van der Waals surface area contributed by atoms with E-state index in [0.29, 0.717) is 12.6 Å². The molecule has 1 amide bonds. The van der Waals surface area contributed by atoms with Gasteiger partial charge in [0.1, 0.15) is 6.29 Å². The molecule has 5 heteroatoms. The predicted octanol–water partition coefficient (Wildman–Crippen LogP) is 2.74. The van der Waals surface area contributed by atoms with Crippen LogP contribution in [0.2, 0.25) is 0 Å². The van der Waals surface area contributed by atoms with E-state index in [0.717, 1.165) is 32.0 Å². The first kappa shape index (κ1) is 22.3. The number of rotatable bonds is 7. The molecule has 2 N–H and O–H groups in total. The Kier molecular flexibility index (Phi) is 18.2. The van der Waals surface area contributed by atoms with E-state index in [1.807, 2.05) is 27.7 Å². The molecule has 5 nitrogen and oxygen atoms in total. The molecule has 0 aliphatic heterocycles. The minimum atomic E-state index is -0.327. The molecule has 1 atom stereocenters. The molecule has 0 aromatic heterocycles. The lowest BCUT2D eigenvalue weighted by Crippen LogP contribution is -2.45. The van der Waals surface area contributed by atoms with E-state index in [1.165, 1.54) is 6.42 Å². The highest BCUT2D eigenvalue weighted by molar-refractivity contribution is 5.81. The molecule has 0 aromatic rings. The Hall–Kier alpha value is -0.940. The van der Waals surface area contributed by atoms with E-state index in [-0.39, 0.29) is 19.9 Å². The highest BCUT2D eigenvalue weighted by Crippen LogP contribution is 2.25. The summed E-state index contributed by atoms with van der Waals surface area (Å²) in [5.41, 5.74) is 0. The fraction of sp³-hybridized carbons (Fsp3) is 0.875. The van der Waals surface area contributed by atoms with Gasteiger partial charge >= 0.3 is 0 Å². The average Bonchev–Trinajstić information content (AvgIpc) is 2.57. The second-order valence-electron chi connectivity index (χ2n) is 4.49. The van der Waals surface area contributed by atoms with Crippen molar-refractivity contribution >= 4 is 12.2 Å². The van der Waals surface area contributed by atoms with Crippen LogP contribution in [0.5, 0.6) is 0 Å². The zero-order chi connectivity index (χ0) is 16.5. The Morgan fingerprint density at radius 1 is 1.24 bits per heavy atom. The summed E-state index contributed by atoms with van der Waals surface area (Å²) in [5.74, 6) is 0.164. The number of nitrogens with one attached hydrogen (secondary N) is 2. The minimum Gasteiger partial charge on any atom is -0.370 e. The van der Waals surface area contributed by atoms with Gasteiger partial charge in [0.15, 0.2) is 0 Å². The molecule has 0 unspecified atom stereocenters. The zero-order valence-electron chi connectivity index (χ0n) is 14.4. The maximum absolute atomic E-state index is 11.5. The SMILES string of the molecule is CC.CC.COCNCC(=O)N[C@H](C=O)C1CCCCC1.[HH]. The zero-order valence-corrected chi connectivity index (χ0v) is 14.4. The molecule has 0 heterocycles. The van der Waals surface area contributed by atoms with Gasteiger partial charge in [0.25, 0.3) is 0 Å². The summed E-state index contributed by atoms with van der Waals surface area (Å²) in [6.07, 6.45) is 6.50. The molecule has 0 bridgehead atoms. The molecule has 0 saturated heterocycles. The number of carbonyl (C=O) groups is 2. The van der Waals surface area contributed by atoms with Crippen molar-refractivity contribution in [1.82, 2.24) is 10.6 Å². The third kappa shape index (κ3) is 11.4. The monoisotopic (exact) mass is 304 g/mol.